The maximum atomic E-state index is 12.4. The number of hydrogen-bond donors (Lipinski definition) is 1. The second kappa shape index (κ2) is 6.60. The van der Waals surface area contributed by atoms with Gasteiger partial charge < -0.3 is 14.5 Å². The third-order valence-corrected chi connectivity index (χ3v) is 3.46. The molecule has 3 rings (SSSR count). The van der Waals surface area contributed by atoms with Gasteiger partial charge in [0.25, 0.3) is 11.6 Å². The zero-order chi connectivity index (χ0) is 18.0. The Balaban J connectivity index is 1.92. The highest BCUT2D eigenvalue weighted by Gasteiger charge is 2.18. The molecule has 2 heterocycles. The second-order valence-corrected chi connectivity index (χ2v) is 5.27. The normalized spacial score (nSPS) is 10.6. The highest BCUT2D eigenvalue weighted by atomic mass is 16.6. The molecular formula is C17H15N3O5. The molecule has 0 bridgehead atoms. The summed E-state index contributed by atoms with van der Waals surface area (Å²) in [5.41, 5.74) is 1.90. The molecule has 0 unspecified atom stereocenters. The van der Waals surface area contributed by atoms with Gasteiger partial charge >= 0.3 is 0 Å². The number of aromatic nitrogens is 1. The minimum atomic E-state index is -0.544. The molecule has 0 aliphatic rings. The van der Waals surface area contributed by atoms with Crippen molar-refractivity contribution < 1.29 is 18.9 Å². The van der Waals surface area contributed by atoms with Crippen LogP contribution in [0.2, 0.25) is 0 Å². The number of ether oxygens (including phenoxy) is 1. The van der Waals surface area contributed by atoms with E-state index in [-0.39, 0.29) is 17.1 Å². The summed E-state index contributed by atoms with van der Waals surface area (Å²) >= 11 is 0. The number of nitro benzene ring substituents is 1. The lowest BCUT2D eigenvalue weighted by Gasteiger charge is -2.10. The van der Waals surface area contributed by atoms with Crippen LogP contribution in [0, 0.1) is 17.0 Å². The topological polar surface area (TPSA) is 108 Å². The average Bonchev–Trinajstić information content (AvgIpc) is 2.99. The minimum Gasteiger partial charge on any atom is -0.492 e. The van der Waals surface area contributed by atoms with Crippen LogP contribution < -0.4 is 10.1 Å². The molecule has 25 heavy (non-hydrogen) atoms. The molecule has 1 aromatic carbocycles. The molecule has 8 nitrogen and oxygen atoms in total. The number of fused-ring (bicyclic) bond motifs is 1. The van der Waals surface area contributed by atoms with Crippen LogP contribution in [0.1, 0.15) is 23.2 Å². The fourth-order valence-corrected chi connectivity index (χ4v) is 2.33. The smallest absolute Gasteiger partial charge is 0.291 e. The molecule has 0 spiro atoms. The van der Waals surface area contributed by atoms with E-state index in [4.69, 9.17) is 9.15 Å². The molecule has 0 aliphatic heterocycles. The van der Waals surface area contributed by atoms with Gasteiger partial charge in [-0.2, -0.15) is 0 Å². The Labute approximate surface area is 142 Å². The zero-order valence-electron chi connectivity index (χ0n) is 13.6. The van der Waals surface area contributed by atoms with E-state index in [1.165, 1.54) is 24.3 Å². The van der Waals surface area contributed by atoms with Crippen LogP contribution >= 0.6 is 0 Å². The Kier molecular flexibility index (Phi) is 4.34. The number of carbonyl (C=O) groups excluding carboxylic acids is 1. The van der Waals surface area contributed by atoms with Crippen LogP contribution in [-0.2, 0) is 0 Å². The SMILES string of the molecule is CCOc1ccc([N+](=O)[O-])cc1NC(=O)c1cc2nc(C)ccc2o1. The molecule has 0 saturated heterocycles. The minimum absolute atomic E-state index is 0.0575. The van der Waals surface area contributed by atoms with Crippen molar-refractivity contribution in [3.8, 4) is 5.75 Å². The maximum absolute atomic E-state index is 12.4. The molecular weight excluding hydrogens is 326 g/mol. The quantitative estimate of drug-likeness (QED) is 0.560. The Morgan fingerprint density at radius 2 is 2.12 bits per heavy atom. The van der Waals surface area contributed by atoms with Gasteiger partial charge in [-0.3, -0.25) is 14.9 Å². The molecule has 8 heteroatoms. The number of furan rings is 1. The lowest BCUT2D eigenvalue weighted by atomic mass is 10.2. The van der Waals surface area contributed by atoms with Gasteiger partial charge in [0, 0.05) is 23.9 Å². The van der Waals surface area contributed by atoms with Gasteiger partial charge in [0.05, 0.1) is 17.2 Å². The summed E-state index contributed by atoms with van der Waals surface area (Å²) in [4.78, 5) is 27.1. The number of amides is 1. The molecule has 1 amide bonds. The molecule has 0 radical (unpaired) electrons. The summed E-state index contributed by atoms with van der Waals surface area (Å²) in [6.07, 6.45) is 0. The molecule has 0 fully saturated rings. The number of nitrogens with zero attached hydrogens (tertiary/aromatic N) is 2. The summed E-state index contributed by atoms with van der Waals surface area (Å²) in [6.45, 7) is 3.97. The van der Waals surface area contributed by atoms with Gasteiger partial charge in [0.2, 0.25) is 0 Å². The third kappa shape index (κ3) is 3.42. The Bertz CT molecular complexity index is 964. The first-order valence-electron chi connectivity index (χ1n) is 7.57. The van der Waals surface area contributed by atoms with Crippen LogP contribution in [0.25, 0.3) is 11.1 Å². The van der Waals surface area contributed by atoms with Crippen molar-refractivity contribution in [2.75, 3.05) is 11.9 Å². The Morgan fingerprint density at radius 1 is 1.32 bits per heavy atom. The highest BCUT2D eigenvalue weighted by molar-refractivity contribution is 6.05. The first-order valence-corrected chi connectivity index (χ1v) is 7.57. The third-order valence-electron chi connectivity index (χ3n) is 3.46. The fourth-order valence-electron chi connectivity index (χ4n) is 2.33. The molecule has 3 aromatic rings. The summed E-state index contributed by atoms with van der Waals surface area (Å²) in [5.74, 6) is -0.148. The van der Waals surface area contributed by atoms with E-state index < -0.39 is 10.8 Å². The summed E-state index contributed by atoms with van der Waals surface area (Å²) < 4.78 is 10.9. The van der Waals surface area contributed by atoms with E-state index in [0.29, 0.717) is 23.5 Å². The number of aryl methyl sites for hydroxylation is 1. The monoisotopic (exact) mass is 341 g/mol. The molecule has 0 saturated carbocycles. The van der Waals surface area contributed by atoms with Gasteiger partial charge in [-0.25, -0.2) is 4.98 Å². The number of rotatable bonds is 5. The van der Waals surface area contributed by atoms with Crippen LogP contribution in [0.5, 0.6) is 5.75 Å². The van der Waals surface area contributed by atoms with Gasteiger partial charge in [0.1, 0.15) is 11.3 Å². The predicted molar refractivity (Wildman–Crippen MR) is 91.0 cm³/mol. The average molecular weight is 341 g/mol. The Morgan fingerprint density at radius 3 is 2.84 bits per heavy atom. The molecule has 0 aliphatic carbocycles. The van der Waals surface area contributed by atoms with E-state index in [1.54, 1.807) is 19.1 Å². The van der Waals surface area contributed by atoms with Crippen LogP contribution in [0.15, 0.2) is 40.8 Å². The van der Waals surface area contributed by atoms with Gasteiger partial charge in [0.15, 0.2) is 11.3 Å². The number of non-ortho nitro benzene ring substituents is 1. The van der Waals surface area contributed by atoms with Crippen molar-refractivity contribution in [1.82, 2.24) is 4.98 Å². The lowest BCUT2D eigenvalue weighted by Crippen LogP contribution is -2.12. The van der Waals surface area contributed by atoms with Crippen molar-refractivity contribution in [3.05, 3.63) is 58.0 Å². The van der Waals surface area contributed by atoms with Crippen molar-refractivity contribution in [3.63, 3.8) is 0 Å². The van der Waals surface area contributed by atoms with E-state index in [2.05, 4.69) is 10.3 Å². The van der Waals surface area contributed by atoms with Crippen molar-refractivity contribution in [2.45, 2.75) is 13.8 Å². The number of carbonyl (C=O) groups is 1. The number of hydrogen-bond acceptors (Lipinski definition) is 6. The number of nitro groups is 1. The molecule has 128 valence electrons. The Hall–Kier alpha value is -3.42. The molecule has 2 aromatic heterocycles. The van der Waals surface area contributed by atoms with Crippen LogP contribution in [-0.4, -0.2) is 22.4 Å². The summed E-state index contributed by atoms with van der Waals surface area (Å²) in [6, 6.07) is 9.04. The molecule has 0 atom stereocenters. The first-order chi connectivity index (χ1) is 12.0. The van der Waals surface area contributed by atoms with Gasteiger partial charge in [-0.1, -0.05) is 0 Å². The van der Waals surface area contributed by atoms with E-state index in [1.807, 2.05) is 6.92 Å². The van der Waals surface area contributed by atoms with E-state index >= 15 is 0 Å². The number of benzene rings is 1. The number of pyridine rings is 1. The first kappa shape index (κ1) is 16.4. The van der Waals surface area contributed by atoms with Gasteiger partial charge in [-0.05, 0) is 32.0 Å². The largest absolute Gasteiger partial charge is 0.492 e. The van der Waals surface area contributed by atoms with Crippen molar-refractivity contribution >= 4 is 28.4 Å². The lowest BCUT2D eigenvalue weighted by molar-refractivity contribution is -0.384. The number of anilines is 1. The van der Waals surface area contributed by atoms with Crippen LogP contribution in [0.3, 0.4) is 0 Å². The predicted octanol–water partition coefficient (Wildman–Crippen LogP) is 3.70. The fraction of sp³-hybridized carbons (Fsp3) is 0.176. The zero-order valence-corrected chi connectivity index (χ0v) is 13.6. The van der Waals surface area contributed by atoms with E-state index in [0.717, 1.165) is 5.69 Å². The van der Waals surface area contributed by atoms with Crippen molar-refractivity contribution in [2.24, 2.45) is 0 Å². The number of nitrogens with one attached hydrogen (secondary N) is 1. The molecule has 1 N–H and O–H groups in total. The van der Waals surface area contributed by atoms with Gasteiger partial charge in [-0.15, -0.1) is 0 Å². The van der Waals surface area contributed by atoms with E-state index in [9.17, 15) is 14.9 Å². The van der Waals surface area contributed by atoms with Crippen molar-refractivity contribution in [1.29, 1.82) is 0 Å². The second-order valence-electron chi connectivity index (χ2n) is 5.27. The standard InChI is InChI=1S/C17H15N3O5/c1-3-24-14-7-5-11(20(22)23)8-12(14)19-17(21)16-9-13-15(25-16)6-4-10(2)18-13/h4-9H,3H2,1-2H3,(H,19,21). The highest BCUT2D eigenvalue weighted by Crippen LogP contribution is 2.30. The maximum Gasteiger partial charge on any atom is 0.291 e. The van der Waals surface area contributed by atoms with Crippen LogP contribution in [0.4, 0.5) is 11.4 Å². The summed E-state index contributed by atoms with van der Waals surface area (Å²) in [7, 11) is 0. The summed E-state index contributed by atoms with van der Waals surface area (Å²) in [5, 5.41) is 13.5.